The van der Waals surface area contributed by atoms with Crippen LogP contribution in [-0.2, 0) is 11.0 Å². The number of hydrogen-bond donors (Lipinski definition) is 2. The van der Waals surface area contributed by atoms with Gasteiger partial charge in [-0.05, 0) is 24.1 Å². The zero-order valence-electron chi connectivity index (χ0n) is 10.7. The lowest BCUT2D eigenvalue weighted by Crippen LogP contribution is -2.19. The molecule has 1 aromatic rings. The van der Waals surface area contributed by atoms with Crippen LogP contribution in [0, 0.1) is 0 Å². The highest BCUT2D eigenvalue weighted by atomic mass is 32.2. The molecule has 7 heteroatoms. The summed E-state index contributed by atoms with van der Waals surface area (Å²) in [6.45, 7) is 1.38. The van der Waals surface area contributed by atoms with Crippen LogP contribution in [0.3, 0.4) is 0 Å². The van der Waals surface area contributed by atoms with E-state index in [2.05, 4.69) is 0 Å². The molecule has 0 saturated carbocycles. The number of halogens is 3. The van der Waals surface area contributed by atoms with Gasteiger partial charge in [-0.1, -0.05) is 23.9 Å². The number of carbonyl (C=O) groups is 1. The number of aliphatic hydroxyl groups is 2. The monoisotopic (exact) mass is 308 g/mol. The van der Waals surface area contributed by atoms with Crippen molar-refractivity contribution in [2.24, 2.45) is 0 Å². The van der Waals surface area contributed by atoms with E-state index in [9.17, 15) is 28.2 Å². The Balaban J connectivity index is 2.71. The van der Waals surface area contributed by atoms with Crippen LogP contribution >= 0.6 is 11.8 Å². The molecular weight excluding hydrogens is 293 g/mol. The average Bonchev–Trinajstić information content (AvgIpc) is 2.36. The Kier molecular flexibility index (Phi) is 6.04. The molecule has 0 amide bonds. The third-order valence-corrected chi connectivity index (χ3v) is 3.49. The Morgan fingerprint density at radius 1 is 1.35 bits per heavy atom. The first kappa shape index (κ1) is 17.0. The smallest absolute Gasteiger partial charge is 0.390 e. The van der Waals surface area contributed by atoms with E-state index in [-0.39, 0.29) is 17.1 Å². The van der Waals surface area contributed by atoms with Gasteiger partial charge in [-0.25, -0.2) is 0 Å². The van der Waals surface area contributed by atoms with Crippen molar-refractivity contribution in [1.29, 1.82) is 0 Å². The topological polar surface area (TPSA) is 57.5 Å². The maximum absolute atomic E-state index is 12.5. The molecule has 0 heterocycles. The van der Waals surface area contributed by atoms with Gasteiger partial charge in [0.2, 0.25) is 0 Å². The minimum atomic E-state index is -4.49. The van der Waals surface area contributed by atoms with Crippen LogP contribution in [0.15, 0.2) is 24.3 Å². The summed E-state index contributed by atoms with van der Waals surface area (Å²) in [6, 6.07) is 4.21. The fourth-order valence-corrected chi connectivity index (χ4v) is 2.25. The van der Waals surface area contributed by atoms with Crippen LogP contribution in [0.1, 0.15) is 30.6 Å². The summed E-state index contributed by atoms with van der Waals surface area (Å²) in [7, 11) is 0. The number of thioether (sulfide) groups is 1. The first-order valence-corrected chi connectivity index (χ1v) is 6.87. The third kappa shape index (κ3) is 5.15. The molecule has 0 fully saturated rings. The van der Waals surface area contributed by atoms with E-state index in [1.807, 2.05) is 0 Å². The molecule has 0 aromatic heterocycles. The van der Waals surface area contributed by atoms with Gasteiger partial charge in [0.25, 0.3) is 0 Å². The molecule has 3 nitrogen and oxygen atoms in total. The third-order valence-electron chi connectivity index (χ3n) is 2.64. The second-order valence-electron chi connectivity index (χ2n) is 4.26. The highest BCUT2D eigenvalue weighted by molar-refractivity contribution is 8.13. The van der Waals surface area contributed by atoms with E-state index in [1.54, 1.807) is 0 Å². The van der Waals surface area contributed by atoms with Crippen LogP contribution < -0.4 is 0 Å². The largest absolute Gasteiger partial charge is 0.416 e. The van der Waals surface area contributed by atoms with Gasteiger partial charge in [0.1, 0.15) is 6.10 Å². The van der Waals surface area contributed by atoms with Crippen LogP contribution in [0.4, 0.5) is 13.2 Å². The quantitative estimate of drug-likeness (QED) is 0.878. The molecule has 0 bridgehead atoms. The highest BCUT2D eigenvalue weighted by Crippen LogP contribution is 2.31. The zero-order valence-corrected chi connectivity index (χ0v) is 11.5. The lowest BCUT2D eigenvalue weighted by atomic mass is 10.0. The number of aliphatic hydroxyl groups excluding tert-OH is 2. The Morgan fingerprint density at radius 2 is 2.00 bits per heavy atom. The summed E-state index contributed by atoms with van der Waals surface area (Å²) in [5.74, 6) is 0.298. The van der Waals surface area contributed by atoms with E-state index in [4.69, 9.17) is 0 Å². The predicted molar refractivity (Wildman–Crippen MR) is 70.2 cm³/mol. The summed E-state index contributed by atoms with van der Waals surface area (Å²) in [6.07, 6.45) is -7.01. The van der Waals surface area contributed by atoms with Gasteiger partial charge >= 0.3 is 6.18 Å². The maximum Gasteiger partial charge on any atom is 0.416 e. The minimum absolute atomic E-state index is 0.000139. The molecular formula is C13H15F3O3S. The summed E-state index contributed by atoms with van der Waals surface area (Å²) >= 11 is 0.990. The van der Waals surface area contributed by atoms with Gasteiger partial charge in [-0.15, -0.1) is 0 Å². The second-order valence-corrected chi connectivity index (χ2v) is 5.54. The minimum Gasteiger partial charge on any atom is -0.390 e. The predicted octanol–water partition coefficient (Wildman–Crippen LogP) is 2.77. The van der Waals surface area contributed by atoms with Gasteiger partial charge in [-0.2, -0.15) is 13.2 Å². The Morgan fingerprint density at radius 3 is 2.55 bits per heavy atom. The van der Waals surface area contributed by atoms with Crippen LogP contribution in [-0.4, -0.2) is 27.2 Å². The molecule has 1 rings (SSSR count). The molecule has 0 aliphatic heterocycles. The number of rotatable bonds is 5. The maximum atomic E-state index is 12.5. The summed E-state index contributed by atoms with van der Waals surface area (Å²) < 4.78 is 37.6. The normalized spacial score (nSPS) is 14.9. The second kappa shape index (κ2) is 7.10. The fraction of sp³-hybridized carbons (Fsp3) is 0.462. The van der Waals surface area contributed by atoms with E-state index < -0.39 is 23.9 Å². The summed E-state index contributed by atoms with van der Waals surface area (Å²) in [5.41, 5.74) is -0.875. The van der Waals surface area contributed by atoms with Crippen molar-refractivity contribution in [3.63, 3.8) is 0 Å². The first-order valence-electron chi connectivity index (χ1n) is 5.88. The van der Waals surface area contributed by atoms with Crippen molar-refractivity contribution < 1.29 is 28.2 Å². The first-order chi connectivity index (χ1) is 9.21. The molecule has 0 spiro atoms. The van der Waals surface area contributed by atoms with Crippen molar-refractivity contribution in [2.75, 3.05) is 5.75 Å². The van der Waals surface area contributed by atoms with Crippen molar-refractivity contribution in [3.8, 4) is 0 Å². The summed E-state index contributed by atoms with van der Waals surface area (Å²) in [5, 5.41) is 19.4. The van der Waals surface area contributed by atoms with Crippen LogP contribution in [0.25, 0.3) is 0 Å². The van der Waals surface area contributed by atoms with Gasteiger partial charge in [0.15, 0.2) is 5.12 Å². The molecule has 2 atom stereocenters. The number of carbonyl (C=O) groups excluding carboxylic acids is 1. The lowest BCUT2D eigenvalue weighted by molar-refractivity contribution is -0.137. The van der Waals surface area contributed by atoms with Crippen molar-refractivity contribution in [3.05, 3.63) is 35.4 Å². The van der Waals surface area contributed by atoms with Gasteiger partial charge in [0, 0.05) is 12.7 Å². The van der Waals surface area contributed by atoms with Crippen molar-refractivity contribution in [2.45, 2.75) is 31.7 Å². The average molecular weight is 308 g/mol. The Bertz CT molecular complexity index is 462. The zero-order chi connectivity index (χ0) is 15.3. The number of benzene rings is 1. The van der Waals surface area contributed by atoms with Gasteiger partial charge in [0.05, 0.1) is 11.7 Å². The molecule has 112 valence electrons. The molecule has 0 saturated heterocycles. The number of hydrogen-bond acceptors (Lipinski definition) is 4. The van der Waals surface area contributed by atoms with Crippen molar-refractivity contribution in [1.82, 2.24) is 0 Å². The fourth-order valence-electron chi connectivity index (χ4n) is 1.60. The van der Waals surface area contributed by atoms with Gasteiger partial charge in [-0.3, -0.25) is 4.79 Å². The van der Waals surface area contributed by atoms with Crippen LogP contribution in [0.2, 0.25) is 0 Å². The Labute approximate surface area is 118 Å². The Hall–Kier alpha value is -1.05. The van der Waals surface area contributed by atoms with E-state index in [0.717, 1.165) is 23.9 Å². The van der Waals surface area contributed by atoms with E-state index in [1.165, 1.54) is 19.1 Å². The van der Waals surface area contributed by atoms with Crippen molar-refractivity contribution >= 4 is 16.9 Å². The van der Waals surface area contributed by atoms with E-state index in [0.29, 0.717) is 5.75 Å². The molecule has 2 unspecified atom stereocenters. The molecule has 1 aromatic carbocycles. The molecule has 0 aliphatic rings. The lowest BCUT2D eigenvalue weighted by Gasteiger charge is -2.19. The SMILES string of the molecule is CC(=O)SCCC(O)C(O)c1cccc(C(F)(F)F)c1. The molecule has 20 heavy (non-hydrogen) atoms. The molecule has 0 aliphatic carbocycles. The van der Waals surface area contributed by atoms with Crippen LogP contribution in [0.5, 0.6) is 0 Å². The molecule has 2 N–H and O–H groups in total. The highest BCUT2D eigenvalue weighted by Gasteiger charge is 2.31. The molecule has 0 radical (unpaired) electrons. The van der Waals surface area contributed by atoms with Gasteiger partial charge < -0.3 is 10.2 Å². The number of alkyl halides is 3. The van der Waals surface area contributed by atoms with E-state index >= 15 is 0 Å². The standard InChI is InChI=1S/C13H15F3O3S/c1-8(17)20-6-5-11(18)12(19)9-3-2-4-10(7-9)13(14,15)16/h2-4,7,11-12,18-19H,5-6H2,1H3. The summed E-state index contributed by atoms with van der Waals surface area (Å²) in [4.78, 5) is 10.7.